The maximum absolute atomic E-state index is 10.9. The molecular formula is C11H11ClN4O2. The van der Waals surface area contributed by atoms with E-state index in [1.165, 1.54) is 12.3 Å². The van der Waals surface area contributed by atoms with E-state index in [1.54, 1.807) is 12.5 Å². The van der Waals surface area contributed by atoms with Crippen molar-refractivity contribution in [2.75, 3.05) is 11.9 Å². The number of hydrogen-bond donors (Lipinski definition) is 2. The summed E-state index contributed by atoms with van der Waals surface area (Å²) in [5, 5.41) is 12.0. The van der Waals surface area contributed by atoms with Gasteiger partial charge in [-0.1, -0.05) is 11.6 Å². The number of anilines is 1. The Bertz CT molecular complexity index is 542. The first-order valence-corrected chi connectivity index (χ1v) is 5.63. The number of pyridine rings is 1. The summed E-state index contributed by atoms with van der Waals surface area (Å²) in [5.41, 5.74) is 0.0387. The smallest absolute Gasteiger partial charge is 0.337 e. The number of aromatic nitrogens is 3. The number of imidazole rings is 1. The lowest BCUT2D eigenvalue weighted by atomic mass is 10.2. The van der Waals surface area contributed by atoms with E-state index < -0.39 is 5.97 Å². The van der Waals surface area contributed by atoms with Crippen molar-refractivity contribution in [1.82, 2.24) is 14.5 Å². The average molecular weight is 267 g/mol. The molecule has 2 rings (SSSR count). The van der Waals surface area contributed by atoms with E-state index in [0.717, 1.165) is 0 Å². The molecule has 0 amide bonds. The van der Waals surface area contributed by atoms with Gasteiger partial charge in [0.2, 0.25) is 0 Å². The summed E-state index contributed by atoms with van der Waals surface area (Å²) >= 11 is 5.94. The fraction of sp³-hybridized carbons (Fsp3) is 0.182. The molecule has 0 spiro atoms. The summed E-state index contributed by atoms with van der Waals surface area (Å²) < 4.78 is 1.89. The Morgan fingerprint density at radius 2 is 2.33 bits per heavy atom. The SMILES string of the molecule is O=C(O)c1ccnc(NCCn2ccnc2)c1Cl. The van der Waals surface area contributed by atoms with Crippen molar-refractivity contribution >= 4 is 23.4 Å². The molecular weight excluding hydrogens is 256 g/mol. The zero-order valence-electron chi connectivity index (χ0n) is 9.38. The molecule has 2 aromatic rings. The molecule has 2 N–H and O–H groups in total. The zero-order chi connectivity index (χ0) is 13.0. The van der Waals surface area contributed by atoms with Gasteiger partial charge in [0.15, 0.2) is 0 Å². The molecule has 94 valence electrons. The summed E-state index contributed by atoms with van der Waals surface area (Å²) in [6.45, 7) is 1.27. The lowest BCUT2D eigenvalue weighted by Crippen LogP contribution is -2.11. The van der Waals surface area contributed by atoms with Crippen molar-refractivity contribution < 1.29 is 9.90 Å². The normalized spacial score (nSPS) is 10.3. The third-order valence-electron chi connectivity index (χ3n) is 2.34. The minimum absolute atomic E-state index is 0.0387. The van der Waals surface area contributed by atoms with Gasteiger partial charge < -0.3 is 15.0 Å². The molecule has 0 fully saturated rings. The van der Waals surface area contributed by atoms with Gasteiger partial charge in [-0.3, -0.25) is 0 Å². The van der Waals surface area contributed by atoms with Gasteiger partial charge in [0.05, 0.1) is 16.9 Å². The summed E-state index contributed by atoms with van der Waals surface area (Å²) in [4.78, 5) is 18.8. The van der Waals surface area contributed by atoms with Crippen LogP contribution in [0.2, 0.25) is 5.02 Å². The van der Waals surface area contributed by atoms with Crippen LogP contribution in [0.3, 0.4) is 0 Å². The van der Waals surface area contributed by atoms with E-state index in [4.69, 9.17) is 16.7 Å². The van der Waals surface area contributed by atoms with Crippen LogP contribution in [0.5, 0.6) is 0 Å². The van der Waals surface area contributed by atoms with Crippen LogP contribution in [-0.4, -0.2) is 32.2 Å². The predicted octanol–water partition coefficient (Wildman–Crippen LogP) is 1.74. The Morgan fingerprint density at radius 1 is 1.50 bits per heavy atom. The molecule has 0 saturated heterocycles. The monoisotopic (exact) mass is 266 g/mol. The first-order valence-electron chi connectivity index (χ1n) is 5.26. The van der Waals surface area contributed by atoms with Gasteiger partial charge in [0, 0.05) is 31.7 Å². The summed E-state index contributed by atoms with van der Waals surface area (Å²) in [7, 11) is 0. The third-order valence-corrected chi connectivity index (χ3v) is 2.72. The van der Waals surface area contributed by atoms with Gasteiger partial charge in [-0.2, -0.15) is 0 Å². The Kier molecular flexibility index (Phi) is 3.78. The lowest BCUT2D eigenvalue weighted by Gasteiger charge is -2.09. The van der Waals surface area contributed by atoms with E-state index in [0.29, 0.717) is 18.9 Å². The largest absolute Gasteiger partial charge is 0.478 e. The Hall–Kier alpha value is -2.08. The molecule has 0 aliphatic carbocycles. The molecule has 0 aliphatic rings. The van der Waals surface area contributed by atoms with Crippen LogP contribution in [0.4, 0.5) is 5.82 Å². The standard InChI is InChI=1S/C11H11ClN4O2/c12-9-8(11(17)18)1-2-14-10(9)15-4-6-16-5-3-13-7-16/h1-3,5,7H,4,6H2,(H,14,15)(H,17,18). The number of rotatable bonds is 5. The number of nitrogens with zero attached hydrogens (tertiary/aromatic N) is 3. The number of carbonyl (C=O) groups is 1. The highest BCUT2D eigenvalue weighted by Crippen LogP contribution is 2.23. The van der Waals surface area contributed by atoms with Crippen molar-refractivity contribution in [3.8, 4) is 0 Å². The van der Waals surface area contributed by atoms with Crippen LogP contribution in [0.15, 0.2) is 31.0 Å². The Labute approximate surface area is 108 Å². The third kappa shape index (κ3) is 2.78. The average Bonchev–Trinajstić information content (AvgIpc) is 2.84. The fourth-order valence-electron chi connectivity index (χ4n) is 1.45. The zero-order valence-corrected chi connectivity index (χ0v) is 10.1. The molecule has 0 bridgehead atoms. The van der Waals surface area contributed by atoms with Crippen LogP contribution >= 0.6 is 11.6 Å². The van der Waals surface area contributed by atoms with E-state index >= 15 is 0 Å². The highest BCUT2D eigenvalue weighted by Gasteiger charge is 2.12. The topological polar surface area (TPSA) is 80.0 Å². The molecule has 6 nitrogen and oxygen atoms in total. The Morgan fingerprint density at radius 3 is 3.00 bits per heavy atom. The van der Waals surface area contributed by atoms with E-state index in [-0.39, 0.29) is 10.6 Å². The molecule has 0 saturated carbocycles. The van der Waals surface area contributed by atoms with Crippen molar-refractivity contribution in [2.45, 2.75) is 6.54 Å². The number of hydrogen-bond acceptors (Lipinski definition) is 4. The predicted molar refractivity (Wildman–Crippen MR) is 66.9 cm³/mol. The van der Waals surface area contributed by atoms with Crippen LogP contribution in [-0.2, 0) is 6.54 Å². The second kappa shape index (κ2) is 5.50. The molecule has 2 aromatic heterocycles. The Balaban J connectivity index is 2.01. The lowest BCUT2D eigenvalue weighted by molar-refractivity contribution is 0.0697. The molecule has 18 heavy (non-hydrogen) atoms. The summed E-state index contributed by atoms with van der Waals surface area (Å²) in [6, 6.07) is 1.37. The van der Waals surface area contributed by atoms with Crippen LogP contribution in [0.1, 0.15) is 10.4 Å². The van der Waals surface area contributed by atoms with Gasteiger partial charge in [-0.25, -0.2) is 14.8 Å². The quantitative estimate of drug-likeness (QED) is 0.862. The molecule has 0 aromatic carbocycles. The molecule has 0 radical (unpaired) electrons. The minimum atomic E-state index is -1.07. The number of halogens is 1. The highest BCUT2D eigenvalue weighted by molar-refractivity contribution is 6.35. The molecule has 0 unspecified atom stereocenters. The number of carboxylic acids is 1. The first-order chi connectivity index (χ1) is 8.68. The van der Waals surface area contributed by atoms with Gasteiger partial charge in [-0.15, -0.1) is 0 Å². The number of aromatic carboxylic acids is 1. The van der Waals surface area contributed by atoms with Crippen molar-refractivity contribution in [2.24, 2.45) is 0 Å². The second-order valence-corrected chi connectivity index (χ2v) is 3.93. The van der Waals surface area contributed by atoms with Gasteiger partial charge in [0.25, 0.3) is 0 Å². The molecule has 2 heterocycles. The highest BCUT2D eigenvalue weighted by atomic mass is 35.5. The van der Waals surface area contributed by atoms with Crippen LogP contribution in [0, 0.1) is 0 Å². The number of carboxylic acid groups (broad SMARTS) is 1. The molecule has 0 aliphatic heterocycles. The fourth-order valence-corrected chi connectivity index (χ4v) is 1.71. The van der Waals surface area contributed by atoms with Crippen LogP contribution in [0.25, 0.3) is 0 Å². The maximum Gasteiger partial charge on any atom is 0.337 e. The summed E-state index contributed by atoms with van der Waals surface area (Å²) in [6.07, 6.45) is 6.64. The van der Waals surface area contributed by atoms with Crippen molar-refractivity contribution in [1.29, 1.82) is 0 Å². The van der Waals surface area contributed by atoms with Gasteiger partial charge in [-0.05, 0) is 6.07 Å². The number of nitrogens with one attached hydrogen (secondary N) is 1. The maximum atomic E-state index is 10.9. The van der Waals surface area contributed by atoms with Gasteiger partial charge >= 0.3 is 5.97 Å². The van der Waals surface area contributed by atoms with Gasteiger partial charge in [0.1, 0.15) is 5.82 Å². The first kappa shape index (κ1) is 12.4. The van der Waals surface area contributed by atoms with E-state index in [1.807, 2.05) is 10.8 Å². The molecule has 7 heteroatoms. The van der Waals surface area contributed by atoms with Crippen LogP contribution < -0.4 is 5.32 Å². The molecule has 0 atom stereocenters. The minimum Gasteiger partial charge on any atom is -0.478 e. The van der Waals surface area contributed by atoms with E-state index in [2.05, 4.69) is 15.3 Å². The van der Waals surface area contributed by atoms with Crippen molar-refractivity contribution in [3.63, 3.8) is 0 Å². The summed E-state index contributed by atoms with van der Waals surface area (Å²) in [5.74, 6) is -0.697. The second-order valence-electron chi connectivity index (χ2n) is 3.55. The van der Waals surface area contributed by atoms with E-state index in [9.17, 15) is 4.79 Å². The van der Waals surface area contributed by atoms with Crippen molar-refractivity contribution in [3.05, 3.63) is 41.6 Å².